The number of fused-ring (bicyclic) bond motifs is 1. The van der Waals surface area contributed by atoms with Crippen LogP contribution in [0.1, 0.15) is 16.2 Å². The van der Waals surface area contributed by atoms with Crippen molar-refractivity contribution in [2.24, 2.45) is 0 Å². The van der Waals surface area contributed by atoms with Crippen LogP contribution < -0.4 is 5.56 Å². The second kappa shape index (κ2) is 3.83. The van der Waals surface area contributed by atoms with E-state index in [0.29, 0.717) is 0 Å². The fraction of sp³-hybridized carbons (Fsp3) is 0.100. The molecule has 0 fully saturated rings. The van der Waals surface area contributed by atoms with E-state index < -0.39 is 23.5 Å². The number of nitrogens with zero attached hydrogens (tertiary/aromatic N) is 1. The monoisotopic (exact) mass is 258 g/mol. The van der Waals surface area contributed by atoms with E-state index in [1.807, 2.05) is 0 Å². The first kappa shape index (κ1) is 12.1. The molecule has 0 aliphatic rings. The Balaban J connectivity index is 2.74. The van der Waals surface area contributed by atoms with E-state index in [-0.39, 0.29) is 16.5 Å². The van der Waals surface area contributed by atoms with Gasteiger partial charge in [-0.2, -0.15) is 13.2 Å². The highest BCUT2D eigenvalue weighted by Crippen LogP contribution is 2.26. The van der Waals surface area contributed by atoms with E-state index in [9.17, 15) is 22.8 Å². The molecule has 0 unspecified atom stereocenters. The maximum atomic E-state index is 12.4. The zero-order chi connectivity index (χ0) is 13.5. The van der Waals surface area contributed by atoms with Crippen molar-refractivity contribution < 1.29 is 23.1 Å². The first-order valence-electron chi connectivity index (χ1n) is 4.63. The first-order chi connectivity index (χ1) is 8.29. The van der Waals surface area contributed by atoms with Crippen molar-refractivity contribution in [3.8, 4) is 0 Å². The highest BCUT2D eigenvalue weighted by molar-refractivity contribution is 5.92. The highest BCUT2D eigenvalue weighted by atomic mass is 19.4. The van der Waals surface area contributed by atoms with Gasteiger partial charge in [-0.1, -0.05) is 0 Å². The van der Waals surface area contributed by atoms with Gasteiger partial charge in [0.05, 0.1) is 16.5 Å². The number of H-pyrrole nitrogens is 1. The highest BCUT2D eigenvalue weighted by Gasteiger charge is 2.34. The van der Waals surface area contributed by atoms with Gasteiger partial charge in [0.25, 0.3) is 5.56 Å². The van der Waals surface area contributed by atoms with Gasteiger partial charge in [-0.25, -0.2) is 9.78 Å². The zero-order valence-corrected chi connectivity index (χ0v) is 8.58. The molecule has 0 amide bonds. The Hall–Kier alpha value is -2.38. The number of aromatic carboxylic acids is 1. The standard InChI is InChI=1S/C10H5F3N2O3/c11-10(12,13)9-14-6-2-1-4(8(17)18)3-5(6)7(16)15-9/h1-3H,(H,17,18)(H,14,15,16). The summed E-state index contributed by atoms with van der Waals surface area (Å²) >= 11 is 0. The average Bonchev–Trinajstić information content (AvgIpc) is 2.27. The number of carboxylic acids is 1. The lowest BCUT2D eigenvalue weighted by atomic mass is 10.1. The third-order valence-electron chi connectivity index (χ3n) is 2.22. The number of benzene rings is 1. The molecule has 94 valence electrons. The van der Waals surface area contributed by atoms with Crippen LogP contribution >= 0.6 is 0 Å². The van der Waals surface area contributed by atoms with Crippen LogP contribution in [0.2, 0.25) is 0 Å². The maximum Gasteiger partial charge on any atom is 0.449 e. The smallest absolute Gasteiger partial charge is 0.449 e. The normalized spacial score (nSPS) is 11.7. The van der Waals surface area contributed by atoms with Gasteiger partial charge in [-0.05, 0) is 18.2 Å². The molecular formula is C10H5F3N2O3. The molecule has 0 aliphatic carbocycles. The van der Waals surface area contributed by atoms with Crippen LogP contribution in [0.5, 0.6) is 0 Å². The predicted octanol–water partition coefficient (Wildman–Crippen LogP) is 1.64. The molecule has 2 rings (SSSR count). The molecule has 8 heteroatoms. The van der Waals surface area contributed by atoms with Crippen molar-refractivity contribution in [3.63, 3.8) is 0 Å². The van der Waals surface area contributed by atoms with Crippen molar-refractivity contribution >= 4 is 16.9 Å². The number of rotatable bonds is 1. The fourth-order valence-electron chi connectivity index (χ4n) is 1.41. The summed E-state index contributed by atoms with van der Waals surface area (Å²) in [4.78, 5) is 26.9. The summed E-state index contributed by atoms with van der Waals surface area (Å²) in [6.45, 7) is 0. The lowest BCUT2D eigenvalue weighted by Gasteiger charge is -2.06. The van der Waals surface area contributed by atoms with E-state index >= 15 is 0 Å². The molecule has 0 bridgehead atoms. The molecule has 18 heavy (non-hydrogen) atoms. The Bertz CT molecular complexity index is 691. The van der Waals surface area contributed by atoms with Crippen LogP contribution in [0.3, 0.4) is 0 Å². The van der Waals surface area contributed by atoms with Crippen LogP contribution in [0.4, 0.5) is 13.2 Å². The Kier molecular flexibility index (Phi) is 2.57. The van der Waals surface area contributed by atoms with Gasteiger partial charge in [-0.3, -0.25) is 4.79 Å². The summed E-state index contributed by atoms with van der Waals surface area (Å²) in [5.74, 6) is -2.70. The van der Waals surface area contributed by atoms with Crippen LogP contribution in [0.25, 0.3) is 10.9 Å². The SMILES string of the molecule is O=C(O)c1ccc2nc(C(F)(F)F)[nH]c(=O)c2c1. The molecule has 1 aromatic carbocycles. The quantitative estimate of drug-likeness (QED) is 0.814. The van der Waals surface area contributed by atoms with Crippen LogP contribution in [-0.4, -0.2) is 21.0 Å². The van der Waals surface area contributed by atoms with Gasteiger partial charge in [-0.15, -0.1) is 0 Å². The number of hydrogen-bond acceptors (Lipinski definition) is 3. The molecule has 0 aliphatic heterocycles. The molecule has 0 saturated carbocycles. The summed E-state index contributed by atoms with van der Waals surface area (Å²) in [5, 5.41) is 8.50. The van der Waals surface area contributed by atoms with Crippen LogP contribution in [-0.2, 0) is 6.18 Å². The largest absolute Gasteiger partial charge is 0.478 e. The second-order valence-electron chi connectivity index (χ2n) is 3.45. The van der Waals surface area contributed by atoms with Crippen molar-refractivity contribution in [2.45, 2.75) is 6.18 Å². The third kappa shape index (κ3) is 2.04. The summed E-state index contributed by atoms with van der Waals surface area (Å²) in [6.07, 6.45) is -4.77. The number of alkyl halides is 3. The summed E-state index contributed by atoms with van der Waals surface area (Å²) in [7, 11) is 0. The Labute approximate surface area is 96.9 Å². The number of aromatic nitrogens is 2. The topological polar surface area (TPSA) is 83.0 Å². The summed E-state index contributed by atoms with van der Waals surface area (Å²) in [5.41, 5.74) is -1.44. The molecule has 1 aromatic heterocycles. The van der Waals surface area contributed by atoms with Crippen LogP contribution in [0, 0.1) is 0 Å². The minimum atomic E-state index is -4.77. The first-order valence-corrected chi connectivity index (χ1v) is 4.63. The molecule has 0 radical (unpaired) electrons. The molecule has 2 aromatic rings. The zero-order valence-electron chi connectivity index (χ0n) is 8.58. The van der Waals surface area contributed by atoms with E-state index in [1.165, 1.54) is 0 Å². The summed E-state index contributed by atoms with van der Waals surface area (Å²) < 4.78 is 37.1. The van der Waals surface area contributed by atoms with Crippen molar-refractivity contribution in [3.05, 3.63) is 39.9 Å². The summed E-state index contributed by atoms with van der Waals surface area (Å²) in [6, 6.07) is 3.12. The third-order valence-corrected chi connectivity index (χ3v) is 2.22. The lowest BCUT2D eigenvalue weighted by Crippen LogP contribution is -2.19. The molecule has 0 saturated heterocycles. The molecular weight excluding hydrogens is 253 g/mol. The number of aromatic amines is 1. The second-order valence-corrected chi connectivity index (χ2v) is 3.45. The number of halogens is 3. The molecule has 1 heterocycles. The van der Waals surface area contributed by atoms with Gasteiger partial charge in [0.2, 0.25) is 5.82 Å². The minimum Gasteiger partial charge on any atom is -0.478 e. The lowest BCUT2D eigenvalue weighted by molar-refractivity contribution is -0.144. The molecule has 2 N–H and O–H groups in total. The number of carbonyl (C=O) groups is 1. The average molecular weight is 258 g/mol. The van der Waals surface area contributed by atoms with E-state index in [0.717, 1.165) is 18.2 Å². The van der Waals surface area contributed by atoms with Crippen molar-refractivity contribution in [1.82, 2.24) is 9.97 Å². The maximum absolute atomic E-state index is 12.4. The number of hydrogen-bond donors (Lipinski definition) is 2. The van der Waals surface area contributed by atoms with Crippen molar-refractivity contribution in [1.29, 1.82) is 0 Å². The minimum absolute atomic E-state index is 0.199. The van der Waals surface area contributed by atoms with Crippen molar-refractivity contribution in [2.75, 3.05) is 0 Å². The van der Waals surface area contributed by atoms with Gasteiger partial charge in [0.15, 0.2) is 0 Å². The fourth-order valence-corrected chi connectivity index (χ4v) is 1.41. The predicted molar refractivity (Wildman–Crippen MR) is 54.3 cm³/mol. The Morgan fingerprint density at radius 2 is 2.00 bits per heavy atom. The molecule has 0 spiro atoms. The van der Waals surface area contributed by atoms with E-state index in [2.05, 4.69) is 4.98 Å². The van der Waals surface area contributed by atoms with E-state index in [4.69, 9.17) is 5.11 Å². The Morgan fingerprint density at radius 3 is 2.56 bits per heavy atom. The molecule has 0 atom stereocenters. The molecule has 5 nitrogen and oxygen atoms in total. The Morgan fingerprint density at radius 1 is 1.33 bits per heavy atom. The van der Waals surface area contributed by atoms with Gasteiger partial charge in [0.1, 0.15) is 0 Å². The van der Waals surface area contributed by atoms with Gasteiger partial charge < -0.3 is 10.1 Å². The van der Waals surface area contributed by atoms with Gasteiger partial charge >= 0.3 is 12.1 Å². The number of carboxylic acid groups (broad SMARTS) is 1. The van der Waals surface area contributed by atoms with E-state index in [1.54, 1.807) is 4.98 Å². The number of nitrogens with one attached hydrogen (secondary N) is 1. The van der Waals surface area contributed by atoms with Crippen LogP contribution in [0.15, 0.2) is 23.0 Å². The van der Waals surface area contributed by atoms with Gasteiger partial charge in [0, 0.05) is 0 Å².